The van der Waals surface area contributed by atoms with Crippen molar-refractivity contribution in [2.45, 2.75) is 53.1 Å². The Balaban J connectivity index is -0.000000277. The van der Waals surface area contributed by atoms with Crippen LogP contribution in [-0.4, -0.2) is 54.2 Å². The molecule has 111 valence electrons. The second kappa shape index (κ2) is 16.5. The van der Waals surface area contributed by atoms with E-state index in [4.69, 9.17) is 9.47 Å². The van der Waals surface area contributed by atoms with Crippen LogP contribution < -0.4 is 0 Å². The molecular formula is C15H26NaO4. The van der Waals surface area contributed by atoms with Crippen molar-refractivity contribution in [3.63, 3.8) is 0 Å². The van der Waals surface area contributed by atoms with Gasteiger partial charge in [-0.25, -0.2) is 9.59 Å². The topological polar surface area (TPSA) is 52.6 Å². The summed E-state index contributed by atoms with van der Waals surface area (Å²) < 4.78 is 9.60. The predicted octanol–water partition coefficient (Wildman–Crippen LogP) is 3.04. The Morgan fingerprint density at radius 2 is 1.85 bits per heavy atom. The summed E-state index contributed by atoms with van der Waals surface area (Å²) in [6.07, 6.45) is 4.00. The molecule has 0 heterocycles. The third-order valence-electron chi connectivity index (χ3n) is 2.14. The average molecular weight is 293 g/mol. The molecule has 1 unspecified atom stereocenters. The fraction of sp³-hybridized carbons (Fsp3) is 0.600. The monoisotopic (exact) mass is 293 g/mol. The SMILES string of the molecule is C=C(C)C(=O)OCCCC.C=CC(=O)OC(C)CC.[Na]. The first kappa shape index (κ1) is 24.4. The van der Waals surface area contributed by atoms with E-state index in [1.165, 1.54) is 6.08 Å². The van der Waals surface area contributed by atoms with Crippen LogP contribution in [0.1, 0.15) is 47.0 Å². The smallest absolute Gasteiger partial charge is 0.333 e. The molecule has 0 rings (SSSR count). The first-order valence-electron chi connectivity index (χ1n) is 6.54. The van der Waals surface area contributed by atoms with E-state index < -0.39 is 0 Å². The molecule has 0 N–H and O–H groups in total. The van der Waals surface area contributed by atoms with Crippen LogP contribution in [0.4, 0.5) is 0 Å². The third-order valence-corrected chi connectivity index (χ3v) is 2.14. The fourth-order valence-corrected chi connectivity index (χ4v) is 0.762. The van der Waals surface area contributed by atoms with Crippen molar-refractivity contribution in [2.75, 3.05) is 6.61 Å². The molecule has 0 saturated heterocycles. The van der Waals surface area contributed by atoms with Crippen LogP contribution in [0, 0.1) is 0 Å². The number of carbonyl (C=O) groups excluding carboxylic acids is 2. The molecule has 0 saturated carbocycles. The van der Waals surface area contributed by atoms with Crippen LogP contribution >= 0.6 is 0 Å². The summed E-state index contributed by atoms with van der Waals surface area (Å²) in [5.41, 5.74) is 0.469. The van der Waals surface area contributed by atoms with E-state index in [-0.39, 0.29) is 47.6 Å². The standard InChI is InChI=1S/C8H14O2.C7H12O2.Na/c1-4-5-6-10-8(9)7(2)3;1-4-6(3)9-7(8)5-2;/h2,4-6H2,1,3H3;5-6H,2,4H2,1,3H3;. The molecule has 0 spiro atoms. The number of esters is 2. The molecule has 0 aromatic carbocycles. The molecule has 0 aliphatic heterocycles. The summed E-state index contributed by atoms with van der Waals surface area (Å²) in [5.74, 6) is -0.627. The number of rotatable bonds is 7. The number of unbranched alkanes of at least 4 members (excludes halogenated alkanes) is 1. The van der Waals surface area contributed by atoms with Crippen molar-refractivity contribution in [1.82, 2.24) is 0 Å². The van der Waals surface area contributed by atoms with Gasteiger partial charge in [0.15, 0.2) is 0 Å². The van der Waals surface area contributed by atoms with Gasteiger partial charge in [0.1, 0.15) is 0 Å². The van der Waals surface area contributed by atoms with E-state index in [1.54, 1.807) is 6.92 Å². The second-order valence-electron chi connectivity index (χ2n) is 4.13. The van der Waals surface area contributed by atoms with Gasteiger partial charge < -0.3 is 9.47 Å². The van der Waals surface area contributed by atoms with Gasteiger partial charge >= 0.3 is 11.9 Å². The maximum absolute atomic E-state index is 10.7. The summed E-state index contributed by atoms with van der Waals surface area (Å²) in [4.78, 5) is 21.1. The van der Waals surface area contributed by atoms with Crippen LogP contribution in [-0.2, 0) is 19.1 Å². The molecule has 20 heavy (non-hydrogen) atoms. The zero-order chi connectivity index (χ0) is 15.3. The molecule has 0 aromatic heterocycles. The van der Waals surface area contributed by atoms with Gasteiger partial charge in [-0.2, -0.15) is 0 Å². The average Bonchev–Trinajstić information content (AvgIpc) is 2.39. The molecule has 0 fully saturated rings. The summed E-state index contributed by atoms with van der Waals surface area (Å²) in [5, 5.41) is 0. The number of ether oxygens (including phenoxy) is 2. The Labute approximate surface area is 144 Å². The van der Waals surface area contributed by atoms with Crippen molar-refractivity contribution < 1.29 is 19.1 Å². The summed E-state index contributed by atoms with van der Waals surface area (Å²) >= 11 is 0. The first-order chi connectivity index (χ1) is 8.88. The predicted molar refractivity (Wildman–Crippen MR) is 82.5 cm³/mol. The van der Waals surface area contributed by atoms with E-state index in [0.717, 1.165) is 19.3 Å². The van der Waals surface area contributed by atoms with Crippen LogP contribution in [0.15, 0.2) is 24.8 Å². The third kappa shape index (κ3) is 17.4. The summed E-state index contributed by atoms with van der Waals surface area (Å²) in [6, 6.07) is 0. The van der Waals surface area contributed by atoms with Crippen molar-refractivity contribution >= 4 is 41.5 Å². The Morgan fingerprint density at radius 3 is 2.20 bits per heavy atom. The van der Waals surface area contributed by atoms with Gasteiger partial charge in [-0.05, 0) is 26.7 Å². The van der Waals surface area contributed by atoms with Crippen LogP contribution in [0.5, 0.6) is 0 Å². The molecule has 0 bridgehead atoms. The van der Waals surface area contributed by atoms with Gasteiger partial charge in [0, 0.05) is 41.2 Å². The Hall–Kier alpha value is -0.580. The van der Waals surface area contributed by atoms with Gasteiger partial charge in [-0.3, -0.25) is 0 Å². The van der Waals surface area contributed by atoms with Crippen molar-refractivity contribution in [3.8, 4) is 0 Å². The maximum Gasteiger partial charge on any atom is 0.333 e. The van der Waals surface area contributed by atoms with Crippen molar-refractivity contribution in [2.24, 2.45) is 0 Å². The van der Waals surface area contributed by atoms with E-state index in [1.807, 2.05) is 13.8 Å². The van der Waals surface area contributed by atoms with E-state index in [2.05, 4.69) is 20.1 Å². The molecule has 5 heteroatoms. The second-order valence-corrected chi connectivity index (χ2v) is 4.13. The minimum absolute atomic E-state index is 0. The first-order valence-corrected chi connectivity index (χ1v) is 6.54. The molecule has 1 atom stereocenters. The number of hydrogen-bond acceptors (Lipinski definition) is 4. The zero-order valence-corrected chi connectivity index (χ0v) is 15.5. The molecule has 1 radical (unpaired) electrons. The van der Waals surface area contributed by atoms with Gasteiger partial charge in [0.2, 0.25) is 0 Å². The van der Waals surface area contributed by atoms with E-state index >= 15 is 0 Å². The minimum atomic E-state index is -0.343. The maximum atomic E-state index is 10.7. The van der Waals surface area contributed by atoms with Crippen LogP contribution in [0.3, 0.4) is 0 Å². The molecule has 0 aliphatic carbocycles. The quantitative estimate of drug-likeness (QED) is 0.313. The van der Waals surface area contributed by atoms with Crippen molar-refractivity contribution in [1.29, 1.82) is 0 Å². The van der Waals surface area contributed by atoms with Gasteiger partial charge in [0.25, 0.3) is 0 Å². The molecular weight excluding hydrogens is 267 g/mol. The van der Waals surface area contributed by atoms with Gasteiger partial charge in [0.05, 0.1) is 12.7 Å². The van der Waals surface area contributed by atoms with Gasteiger partial charge in [-0.15, -0.1) is 0 Å². The summed E-state index contributed by atoms with van der Waals surface area (Å²) in [7, 11) is 0. The summed E-state index contributed by atoms with van der Waals surface area (Å²) in [6.45, 7) is 14.8. The normalized spacial score (nSPS) is 10.0. The van der Waals surface area contributed by atoms with E-state index in [0.29, 0.717) is 12.2 Å². The number of hydrogen-bond donors (Lipinski definition) is 0. The largest absolute Gasteiger partial charge is 0.462 e. The van der Waals surface area contributed by atoms with Crippen LogP contribution in [0.2, 0.25) is 0 Å². The molecule has 0 aromatic rings. The molecule has 0 amide bonds. The minimum Gasteiger partial charge on any atom is -0.462 e. The zero-order valence-electron chi connectivity index (χ0n) is 13.5. The van der Waals surface area contributed by atoms with Crippen LogP contribution in [0.25, 0.3) is 0 Å². The number of carbonyl (C=O) groups is 2. The molecule has 0 aliphatic rings. The van der Waals surface area contributed by atoms with E-state index in [9.17, 15) is 9.59 Å². The Bertz CT molecular complexity index is 300. The fourth-order valence-electron chi connectivity index (χ4n) is 0.762. The molecule has 4 nitrogen and oxygen atoms in total. The van der Waals surface area contributed by atoms with Crippen molar-refractivity contribution in [3.05, 3.63) is 24.8 Å². The Morgan fingerprint density at radius 1 is 1.30 bits per heavy atom. The van der Waals surface area contributed by atoms with Gasteiger partial charge in [-0.1, -0.05) is 33.4 Å². The Kier molecular flexibility index (Phi) is 20.1.